The number of morpholine rings is 1. The van der Waals surface area contributed by atoms with E-state index in [4.69, 9.17) is 9.47 Å². The van der Waals surface area contributed by atoms with E-state index in [1.54, 1.807) is 45.8 Å². The summed E-state index contributed by atoms with van der Waals surface area (Å²) < 4.78 is 23.4. The Kier molecular flexibility index (Phi) is 28.2. The van der Waals surface area contributed by atoms with Crippen molar-refractivity contribution in [3.63, 3.8) is 0 Å². The molecule has 0 bridgehead atoms. The van der Waals surface area contributed by atoms with E-state index in [1.807, 2.05) is 284 Å². The molecule has 0 aliphatic carbocycles. The summed E-state index contributed by atoms with van der Waals surface area (Å²) in [6.07, 6.45) is 23.5. The minimum absolute atomic E-state index is 0.571. The average molecular weight is 1620 g/mol. The molecule has 0 spiro atoms. The molecule has 0 atom stereocenters. The number of H-pyrrole nitrogens is 1. The van der Waals surface area contributed by atoms with E-state index in [0.29, 0.717) is 63.9 Å². The van der Waals surface area contributed by atoms with E-state index in [0.717, 1.165) is 198 Å². The molecule has 612 valence electrons. The zero-order valence-electron chi connectivity index (χ0n) is 68.1. The monoisotopic (exact) mass is 1620 g/mol. The smallest absolute Gasteiger partial charge is 0.155 e. The van der Waals surface area contributed by atoms with Gasteiger partial charge in [0.15, 0.2) is 67.3 Å². The fraction of sp³-hybridized carbons (Fsp3) is 0.191. The number of benzene rings is 6. The van der Waals surface area contributed by atoms with E-state index >= 15 is 0 Å². The van der Waals surface area contributed by atoms with Crippen LogP contribution in [0.3, 0.4) is 0 Å². The lowest BCUT2D eigenvalue weighted by molar-refractivity contribution is 0.111. The van der Waals surface area contributed by atoms with Crippen LogP contribution >= 0.6 is 0 Å². The van der Waals surface area contributed by atoms with Crippen molar-refractivity contribution in [1.29, 1.82) is 0 Å². The lowest BCUT2D eigenvalue weighted by Gasteiger charge is -2.29. The molecule has 13 heterocycles. The molecule has 3 aliphatic rings. The van der Waals surface area contributed by atoms with Gasteiger partial charge >= 0.3 is 0 Å². The highest BCUT2D eigenvalue weighted by Gasteiger charge is 2.28. The topological polar surface area (TPSA) is 288 Å². The number of nitrogens with one attached hydrogen (secondary N) is 1. The highest BCUT2D eigenvalue weighted by atomic mass is 16.5. The van der Waals surface area contributed by atoms with E-state index in [1.165, 1.54) is 12.8 Å². The normalized spacial score (nSPS) is 12.6. The maximum atomic E-state index is 11.4. The number of rotatable bonds is 18. The number of carbonyl (C=O) groups excluding carboxylic acids is 7. The van der Waals surface area contributed by atoms with Gasteiger partial charge in [0, 0.05) is 110 Å². The molecule has 121 heavy (non-hydrogen) atoms. The first-order valence-electron chi connectivity index (χ1n) is 39.7. The summed E-state index contributed by atoms with van der Waals surface area (Å²) in [5, 5.41) is 25.3. The fourth-order valence-electron chi connectivity index (χ4n) is 14.6. The number of nitrogens with zero attached hydrogens (tertiary/aromatic N) is 17. The molecule has 0 radical (unpaired) electrons. The molecule has 0 saturated carbocycles. The van der Waals surface area contributed by atoms with Crippen LogP contribution in [-0.2, 0) is 4.74 Å². The first-order valence-corrected chi connectivity index (χ1v) is 39.7. The summed E-state index contributed by atoms with van der Waals surface area (Å²) in [6.45, 7) is 16.1. The van der Waals surface area contributed by atoms with Crippen molar-refractivity contribution in [2.45, 2.75) is 60.3 Å². The molecule has 16 aromatic rings. The Bertz CT molecular complexity index is 5880. The molecule has 0 unspecified atom stereocenters. The van der Waals surface area contributed by atoms with Gasteiger partial charge in [0.2, 0.25) is 0 Å². The largest absolute Gasteiger partial charge is 0.496 e. The lowest BCUT2D eigenvalue weighted by atomic mass is 10.0. The van der Waals surface area contributed by atoms with E-state index in [9.17, 15) is 33.6 Å². The van der Waals surface area contributed by atoms with E-state index < -0.39 is 0 Å². The number of carbonyl (C=O) groups is 7. The number of pyridine rings is 2. The summed E-state index contributed by atoms with van der Waals surface area (Å²) in [6, 6.07) is 67.6. The van der Waals surface area contributed by atoms with Gasteiger partial charge in [0.1, 0.15) is 23.2 Å². The van der Waals surface area contributed by atoms with Gasteiger partial charge in [0.05, 0.1) is 93.7 Å². The number of fused-ring (bicyclic) bond motifs is 2. The first-order chi connectivity index (χ1) is 59.3. The number of ether oxygens (including phenoxy) is 2. The molecule has 6 aromatic carbocycles. The van der Waals surface area contributed by atoms with Crippen molar-refractivity contribution < 1.29 is 43.0 Å². The highest BCUT2D eigenvalue weighted by Crippen LogP contribution is 2.33. The van der Waals surface area contributed by atoms with Gasteiger partial charge in [-0.05, 0) is 169 Å². The van der Waals surface area contributed by atoms with Crippen LogP contribution in [0.1, 0.15) is 127 Å². The maximum Gasteiger partial charge on any atom is 0.155 e. The molecule has 10 aromatic heterocycles. The standard InChI is InChI=1S/C15H17N3O2.C15H17N3O.C15H13N3O.C14H16N4O.C14H12N4O.C12H10O2.C9H7NO/c1-12-14(11-19)15(17-7-9-20-10-8-17)18(16-12)13-5-3-2-4-6-13;2*1-12-14(11-19)15(17-9-5-6-10-17)18(16-12)13-7-3-2-4-8-13;2*1-11-12(10-19)14(17-8-4-5-9-17)18(16-11)13-6-2-3-7-15-13;1-14-12-7-6-9(8-13)10-4-2-3-5-11(10)12;11-6-7-5-10-9-4-2-1-3-8(7)9/h2-6,11H,7-10H2,1H3;2-4,7-8,11H,5-6,9-10H2,1H3;2-11H,1H3;2-3,6-7,10H,4-5,8-9H2,1H3;2-10H,1H3;2-8H,1H3;1-6,10H. The number of aryl methyl sites for hydroxylation is 5. The van der Waals surface area contributed by atoms with Gasteiger partial charge in [-0.2, -0.15) is 34.9 Å². The Morgan fingerprint density at radius 2 is 0.669 bits per heavy atom. The Morgan fingerprint density at radius 3 is 1.07 bits per heavy atom. The quantitative estimate of drug-likeness (QED) is 0.0781. The Balaban J connectivity index is 0.000000123. The number of methoxy groups -OCH3 is 1. The molecule has 3 aliphatic heterocycles. The van der Waals surface area contributed by atoms with Gasteiger partial charge in [0.25, 0.3) is 0 Å². The van der Waals surface area contributed by atoms with E-state index in [2.05, 4.69) is 55.1 Å². The van der Waals surface area contributed by atoms with Crippen molar-refractivity contribution in [2.24, 2.45) is 0 Å². The summed E-state index contributed by atoms with van der Waals surface area (Å²) in [7, 11) is 1.63. The van der Waals surface area contributed by atoms with Gasteiger partial charge < -0.3 is 38.3 Å². The van der Waals surface area contributed by atoms with E-state index in [-0.39, 0.29) is 0 Å². The van der Waals surface area contributed by atoms with Gasteiger partial charge in [-0.25, -0.2) is 24.0 Å². The molecular formula is C94H92N18O9. The fourth-order valence-corrected chi connectivity index (χ4v) is 14.6. The number of aromatic amines is 1. The summed E-state index contributed by atoms with van der Waals surface area (Å²) in [4.78, 5) is 96.3. The van der Waals surface area contributed by atoms with Crippen LogP contribution in [0.4, 0.5) is 17.5 Å². The molecule has 1 N–H and O–H groups in total. The zero-order chi connectivity index (χ0) is 84.6. The third kappa shape index (κ3) is 19.1. The van der Waals surface area contributed by atoms with Crippen molar-refractivity contribution in [3.05, 3.63) is 323 Å². The SMILES string of the molecule is COc1ccc(C=O)c2ccccc12.Cc1nn(-c2ccccc2)c(-n2cccc2)c1C=O.Cc1nn(-c2ccccc2)c(N2CCCC2)c1C=O.Cc1nn(-c2ccccc2)c(N2CCOCC2)c1C=O.Cc1nn(-c2ccccn2)c(-n2cccc2)c1C=O.Cc1nn(-c2ccccn2)c(N2CCCC2)c1C=O.O=Cc1c[nH]c2ccccc12. The van der Waals surface area contributed by atoms with Crippen molar-refractivity contribution in [1.82, 2.24) is 73.0 Å². The molecular weight excluding hydrogens is 1530 g/mol. The summed E-state index contributed by atoms with van der Waals surface area (Å²) >= 11 is 0. The van der Waals surface area contributed by atoms with Crippen LogP contribution in [0, 0.1) is 34.6 Å². The number of para-hydroxylation sites is 4. The number of hydrogen-bond acceptors (Lipinski definition) is 19. The third-order valence-electron chi connectivity index (χ3n) is 20.6. The van der Waals surface area contributed by atoms with Crippen molar-refractivity contribution in [3.8, 4) is 46.1 Å². The highest BCUT2D eigenvalue weighted by molar-refractivity contribution is 6.01. The molecule has 3 fully saturated rings. The predicted octanol–water partition coefficient (Wildman–Crippen LogP) is 16.0. The molecule has 27 nitrogen and oxygen atoms in total. The molecule has 0 amide bonds. The van der Waals surface area contributed by atoms with Crippen molar-refractivity contribution >= 4 is 83.1 Å². The number of aromatic nitrogens is 15. The second-order valence-electron chi connectivity index (χ2n) is 28.2. The number of hydrogen-bond donors (Lipinski definition) is 1. The van der Waals surface area contributed by atoms with Crippen LogP contribution in [0.15, 0.2) is 256 Å². The Morgan fingerprint density at radius 1 is 0.331 bits per heavy atom. The van der Waals surface area contributed by atoms with Crippen LogP contribution < -0.4 is 19.4 Å². The Labute approximate surface area is 699 Å². The summed E-state index contributed by atoms with van der Waals surface area (Å²) in [5.41, 5.74) is 12.3. The van der Waals surface area contributed by atoms with Crippen LogP contribution in [-0.4, -0.2) is 177 Å². The van der Waals surface area contributed by atoms with Crippen molar-refractivity contribution in [2.75, 3.05) is 74.3 Å². The average Bonchev–Trinajstić information content (AvgIpc) is 1.72. The zero-order valence-corrected chi connectivity index (χ0v) is 68.1. The minimum atomic E-state index is 0.571. The second-order valence-corrected chi connectivity index (χ2v) is 28.2. The lowest BCUT2D eigenvalue weighted by Crippen LogP contribution is -2.38. The summed E-state index contributed by atoms with van der Waals surface area (Å²) in [5.74, 6) is 6.39. The first kappa shape index (κ1) is 83.8. The number of aldehydes is 7. The predicted molar refractivity (Wildman–Crippen MR) is 468 cm³/mol. The van der Waals surface area contributed by atoms with Crippen LogP contribution in [0.25, 0.3) is 62.0 Å². The third-order valence-corrected chi connectivity index (χ3v) is 20.6. The maximum absolute atomic E-state index is 11.4. The molecule has 19 rings (SSSR count). The molecule has 3 saturated heterocycles. The van der Waals surface area contributed by atoms with Gasteiger partial charge in [-0.15, -0.1) is 0 Å². The second kappa shape index (κ2) is 40.6. The number of anilines is 3. The minimum Gasteiger partial charge on any atom is -0.496 e. The van der Waals surface area contributed by atoms with Gasteiger partial charge in [-0.1, -0.05) is 109 Å². The molecule has 27 heteroatoms. The van der Waals surface area contributed by atoms with Gasteiger partial charge in [-0.3, -0.25) is 33.6 Å². The Hall–Kier alpha value is -15.1. The van der Waals surface area contributed by atoms with Crippen LogP contribution in [0.5, 0.6) is 5.75 Å². The van der Waals surface area contributed by atoms with Crippen LogP contribution in [0.2, 0.25) is 0 Å².